The molecule has 0 aliphatic heterocycles. The van der Waals surface area contributed by atoms with Crippen molar-refractivity contribution in [2.45, 2.75) is 63.8 Å². The van der Waals surface area contributed by atoms with Gasteiger partial charge in [0.2, 0.25) is 0 Å². The highest BCUT2D eigenvalue weighted by molar-refractivity contribution is 5.05. The van der Waals surface area contributed by atoms with Crippen molar-refractivity contribution < 1.29 is 5.11 Å². The van der Waals surface area contributed by atoms with Crippen LogP contribution in [0.1, 0.15) is 56.8 Å². The van der Waals surface area contributed by atoms with Gasteiger partial charge in [-0.3, -0.25) is 0 Å². The first-order chi connectivity index (χ1) is 11.0. The molecule has 1 aliphatic carbocycles. The first-order valence-corrected chi connectivity index (χ1v) is 8.16. The molecule has 2 aromatic rings. The molecular formula is C16H24N6O. The van der Waals surface area contributed by atoms with Crippen LogP contribution in [0.25, 0.3) is 0 Å². The van der Waals surface area contributed by atoms with Gasteiger partial charge in [-0.25, -0.2) is 14.6 Å². The Bertz CT molecular complexity index is 621. The maximum Gasteiger partial charge on any atom is 0.115 e. The van der Waals surface area contributed by atoms with E-state index >= 15 is 0 Å². The molecule has 3 rings (SSSR count). The number of aliphatic hydroxyl groups is 1. The summed E-state index contributed by atoms with van der Waals surface area (Å²) in [5.41, 5.74) is 0.725. The predicted octanol–water partition coefficient (Wildman–Crippen LogP) is 1.57. The van der Waals surface area contributed by atoms with Gasteiger partial charge in [-0.05, 0) is 26.7 Å². The van der Waals surface area contributed by atoms with Crippen LogP contribution in [-0.2, 0) is 12.1 Å². The Hall–Kier alpha value is -1.86. The molecular weight excluding hydrogens is 292 g/mol. The molecule has 0 unspecified atom stereocenters. The van der Waals surface area contributed by atoms with Crippen LogP contribution in [0.2, 0.25) is 0 Å². The van der Waals surface area contributed by atoms with E-state index in [0.717, 1.165) is 24.9 Å². The van der Waals surface area contributed by atoms with Crippen LogP contribution in [0.3, 0.4) is 0 Å². The van der Waals surface area contributed by atoms with Crippen molar-refractivity contribution in [3.8, 4) is 0 Å². The lowest BCUT2D eigenvalue weighted by Crippen LogP contribution is -2.39. The van der Waals surface area contributed by atoms with E-state index in [1.54, 1.807) is 20.2 Å². The van der Waals surface area contributed by atoms with Gasteiger partial charge >= 0.3 is 0 Å². The Labute approximate surface area is 136 Å². The first kappa shape index (κ1) is 16.0. The highest BCUT2D eigenvalue weighted by Crippen LogP contribution is 2.29. The Morgan fingerprint density at radius 2 is 2.00 bits per heavy atom. The van der Waals surface area contributed by atoms with Crippen LogP contribution < -0.4 is 5.32 Å². The summed E-state index contributed by atoms with van der Waals surface area (Å²) < 4.78 is 1.91. The summed E-state index contributed by atoms with van der Waals surface area (Å²) in [7, 11) is 0. The standard InChI is InChI=1S/C16H24N6O/c1-16(2,23)15-10-22(21-20-15)14-6-4-3-5-13(14)19-9-12-7-17-11-18-8-12/h7-8,10-11,13-14,19,23H,3-6,9H2,1-2H3/t13-,14+/m0/s1. The highest BCUT2D eigenvalue weighted by atomic mass is 16.3. The average Bonchev–Trinajstić information content (AvgIpc) is 3.04. The van der Waals surface area contributed by atoms with Gasteiger partial charge in [0.15, 0.2) is 0 Å². The molecule has 124 valence electrons. The minimum atomic E-state index is -0.961. The summed E-state index contributed by atoms with van der Waals surface area (Å²) in [6.07, 6.45) is 11.7. The summed E-state index contributed by atoms with van der Waals surface area (Å²) in [5, 5.41) is 22.1. The smallest absolute Gasteiger partial charge is 0.115 e. The maximum atomic E-state index is 10.1. The van der Waals surface area contributed by atoms with E-state index in [-0.39, 0.29) is 6.04 Å². The lowest BCUT2D eigenvalue weighted by molar-refractivity contribution is 0.0736. The lowest BCUT2D eigenvalue weighted by Gasteiger charge is -2.32. The quantitative estimate of drug-likeness (QED) is 0.870. The van der Waals surface area contributed by atoms with E-state index in [4.69, 9.17) is 0 Å². The molecule has 7 heteroatoms. The van der Waals surface area contributed by atoms with Crippen molar-refractivity contribution >= 4 is 0 Å². The van der Waals surface area contributed by atoms with Gasteiger partial charge < -0.3 is 10.4 Å². The Balaban J connectivity index is 1.70. The molecule has 2 heterocycles. The van der Waals surface area contributed by atoms with Crippen molar-refractivity contribution in [2.24, 2.45) is 0 Å². The average molecular weight is 316 g/mol. The minimum absolute atomic E-state index is 0.261. The number of rotatable bonds is 5. The molecule has 0 bridgehead atoms. The fourth-order valence-corrected chi connectivity index (χ4v) is 3.06. The molecule has 0 spiro atoms. The molecule has 2 N–H and O–H groups in total. The zero-order valence-corrected chi connectivity index (χ0v) is 13.7. The second-order valence-corrected chi connectivity index (χ2v) is 6.73. The van der Waals surface area contributed by atoms with Gasteiger partial charge in [-0.1, -0.05) is 18.1 Å². The van der Waals surface area contributed by atoms with Crippen molar-refractivity contribution in [1.29, 1.82) is 0 Å². The topological polar surface area (TPSA) is 88.8 Å². The van der Waals surface area contributed by atoms with E-state index in [1.807, 2.05) is 23.3 Å². The van der Waals surface area contributed by atoms with Gasteiger partial charge in [0, 0.05) is 30.5 Å². The minimum Gasteiger partial charge on any atom is -0.384 e. The number of hydrogen-bond donors (Lipinski definition) is 2. The molecule has 0 amide bonds. The molecule has 7 nitrogen and oxygen atoms in total. The Kier molecular flexibility index (Phi) is 4.68. The SMILES string of the molecule is CC(C)(O)c1cn([C@@H]2CCCC[C@@H]2NCc2cncnc2)nn1. The normalized spacial score (nSPS) is 22.2. The number of nitrogens with zero attached hydrogens (tertiary/aromatic N) is 5. The van der Waals surface area contributed by atoms with E-state index in [9.17, 15) is 5.11 Å². The molecule has 0 radical (unpaired) electrons. The molecule has 1 fully saturated rings. The number of hydrogen-bond acceptors (Lipinski definition) is 6. The summed E-state index contributed by atoms with van der Waals surface area (Å²) >= 11 is 0. The van der Waals surface area contributed by atoms with Crippen LogP contribution in [0.5, 0.6) is 0 Å². The zero-order chi connectivity index (χ0) is 16.3. The number of aromatic nitrogens is 5. The van der Waals surface area contributed by atoms with Crippen molar-refractivity contribution in [3.63, 3.8) is 0 Å². The maximum absolute atomic E-state index is 10.1. The summed E-state index contributed by atoms with van der Waals surface area (Å²) in [6, 6.07) is 0.595. The van der Waals surface area contributed by atoms with Gasteiger partial charge in [0.05, 0.1) is 12.2 Å². The van der Waals surface area contributed by atoms with E-state index in [0.29, 0.717) is 11.7 Å². The molecule has 1 saturated carbocycles. The van der Waals surface area contributed by atoms with Gasteiger partial charge in [0.1, 0.15) is 17.6 Å². The molecule has 23 heavy (non-hydrogen) atoms. The molecule has 1 aliphatic rings. The summed E-state index contributed by atoms with van der Waals surface area (Å²) in [6.45, 7) is 4.20. The van der Waals surface area contributed by atoms with Crippen molar-refractivity contribution in [3.05, 3.63) is 36.2 Å². The lowest BCUT2D eigenvalue weighted by atomic mass is 9.90. The molecule has 0 aromatic carbocycles. The fraction of sp³-hybridized carbons (Fsp3) is 0.625. The van der Waals surface area contributed by atoms with E-state index in [1.165, 1.54) is 12.8 Å². The second kappa shape index (κ2) is 6.72. The predicted molar refractivity (Wildman–Crippen MR) is 85.4 cm³/mol. The Morgan fingerprint density at radius 1 is 1.26 bits per heavy atom. The zero-order valence-electron chi connectivity index (χ0n) is 13.7. The second-order valence-electron chi connectivity index (χ2n) is 6.73. The summed E-state index contributed by atoms with van der Waals surface area (Å²) in [4.78, 5) is 8.10. The molecule has 2 atom stereocenters. The van der Waals surface area contributed by atoms with Crippen LogP contribution >= 0.6 is 0 Å². The highest BCUT2D eigenvalue weighted by Gasteiger charge is 2.29. The third-order valence-corrected chi connectivity index (χ3v) is 4.39. The molecule has 0 saturated heterocycles. The van der Waals surface area contributed by atoms with Crippen LogP contribution in [0, 0.1) is 0 Å². The number of nitrogens with one attached hydrogen (secondary N) is 1. The van der Waals surface area contributed by atoms with Crippen LogP contribution in [-0.4, -0.2) is 36.1 Å². The van der Waals surface area contributed by atoms with Crippen molar-refractivity contribution in [2.75, 3.05) is 0 Å². The summed E-state index contributed by atoms with van der Waals surface area (Å²) in [5.74, 6) is 0. The van der Waals surface area contributed by atoms with E-state index < -0.39 is 5.60 Å². The van der Waals surface area contributed by atoms with E-state index in [2.05, 4.69) is 25.6 Å². The van der Waals surface area contributed by atoms with Crippen LogP contribution in [0.4, 0.5) is 0 Å². The third kappa shape index (κ3) is 3.92. The third-order valence-electron chi connectivity index (χ3n) is 4.39. The van der Waals surface area contributed by atoms with Crippen molar-refractivity contribution in [1.82, 2.24) is 30.3 Å². The van der Waals surface area contributed by atoms with Gasteiger partial charge in [-0.2, -0.15) is 0 Å². The first-order valence-electron chi connectivity index (χ1n) is 8.16. The van der Waals surface area contributed by atoms with Gasteiger partial charge in [0.25, 0.3) is 0 Å². The monoisotopic (exact) mass is 316 g/mol. The van der Waals surface area contributed by atoms with Gasteiger partial charge in [-0.15, -0.1) is 5.10 Å². The molecule has 2 aromatic heterocycles. The fourth-order valence-electron chi connectivity index (χ4n) is 3.06. The van der Waals surface area contributed by atoms with Crippen LogP contribution in [0.15, 0.2) is 24.9 Å². The Morgan fingerprint density at radius 3 is 2.70 bits per heavy atom. The largest absolute Gasteiger partial charge is 0.384 e.